The highest BCUT2D eigenvalue weighted by molar-refractivity contribution is 7.89. The van der Waals surface area contributed by atoms with Gasteiger partial charge in [-0.05, 0) is 67.0 Å². The molecule has 1 aromatic heterocycles. The van der Waals surface area contributed by atoms with Crippen molar-refractivity contribution in [3.8, 4) is 0 Å². The molecule has 1 saturated heterocycles. The maximum absolute atomic E-state index is 13.1. The average molecular weight is 457 g/mol. The third-order valence-corrected chi connectivity index (χ3v) is 8.14. The minimum Gasteiger partial charge on any atom is -0.468 e. The quantitative estimate of drug-likeness (QED) is 0.537. The van der Waals surface area contributed by atoms with Gasteiger partial charge in [-0.3, -0.25) is 9.48 Å². The number of nitrogens with zero attached hydrogens (tertiary/aromatic N) is 3. The van der Waals surface area contributed by atoms with Crippen molar-refractivity contribution in [3.05, 3.63) is 52.9 Å². The molecule has 0 saturated carbocycles. The highest BCUT2D eigenvalue weighted by Gasteiger charge is 2.53. The summed E-state index contributed by atoms with van der Waals surface area (Å²) < 4.78 is 20.6. The number of esters is 1. The highest BCUT2D eigenvalue weighted by atomic mass is 32.2. The fourth-order valence-electron chi connectivity index (χ4n) is 4.79. The molecular weight excluding hydrogens is 422 g/mol. The number of carbonyl (C=O) groups excluding carboxylic acids is 1. The average Bonchev–Trinajstić information content (AvgIpc) is 3.18. The summed E-state index contributed by atoms with van der Waals surface area (Å²) in [6, 6.07) is 8.44. The van der Waals surface area contributed by atoms with E-state index in [-0.39, 0.29) is 17.4 Å². The van der Waals surface area contributed by atoms with Crippen LogP contribution < -0.4 is 0 Å². The first-order valence-electron chi connectivity index (χ1n) is 11.2. The van der Waals surface area contributed by atoms with Crippen LogP contribution in [-0.4, -0.2) is 44.8 Å². The van der Waals surface area contributed by atoms with Crippen LogP contribution >= 0.6 is 0 Å². The van der Waals surface area contributed by atoms with E-state index in [4.69, 9.17) is 4.74 Å². The fraction of sp³-hybridized carbons (Fsp3) is 0.520. The van der Waals surface area contributed by atoms with E-state index in [0.29, 0.717) is 25.9 Å². The van der Waals surface area contributed by atoms with Gasteiger partial charge in [-0.25, -0.2) is 0 Å². The molecule has 1 aliphatic carbocycles. The number of aromatic nitrogens is 2. The van der Waals surface area contributed by atoms with Crippen molar-refractivity contribution in [1.29, 1.82) is 0 Å². The topological polar surface area (TPSA) is 67.6 Å². The van der Waals surface area contributed by atoms with E-state index in [1.807, 2.05) is 27.3 Å². The van der Waals surface area contributed by atoms with Crippen molar-refractivity contribution >= 4 is 23.4 Å². The number of hydrogen-bond acceptors (Lipinski definition) is 5. The molecule has 1 aromatic carbocycles. The van der Waals surface area contributed by atoms with Gasteiger partial charge in [-0.1, -0.05) is 37.2 Å². The molecule has 2 atom stereocenters. The fourth-order valence-corrected chi connectivity index (χ4v) is 6.07. The maximum Gasteiger partial charge on any atom is 0.317 e. The molecule has 32 heavy (non-hydrogen) atoms. The molecule has 1 fully saturated rings. The van der Waals surface area contributed by atoms with Crippen molar-refractivity contribution in [2.45, 2.75) is 63.8 Å². The molecule has 172 valence electrons. The minimum absolute atomic E-state index is 0.0621. The van der Waals surface area contributed by atoms with Crippen LogP contribution in [0, 0.1) is 5.41 Å². The number of benzene rings is 1. The second kappa shape index (κ2) is 8.36. The molecule has 0 spiro atoms. The van der Waals surface area contributed by atoms with Gasteiger partial charge in [0.25, 0.3) is 11.4 Å². The molecule has 1 aliphatic heterocycles. The van der Waals surface area contributed by atoms with E-state index in [9.17, 15) is 9.35 Å². The number of hydrogen-bond donors (Lipinski definition) is 1. The van der Waals surface area contributed by atoms with E-state index in [1.54, 1.807) is 0 Å². The zero-order valence-corrected chi connectivity index (χ0v) is 20.7. The van der Waals surface area contributed by atoms with Gasteiger partial charge in [-0.2, -0.15) is 9.65 Å². The molecule has 0 radical (unpaired) electrons. The first kappa shape index (κ1) is 23.1. The summed E-state index contributed by atoms with van der Waals surface area (Å²) in [5.41, 5.74) is 3.73. The van der Waals surface area contributed by atoms with Crippen LogP contribution in [0.5, 0.6) is 0 Å². The van der Waals surface area contributed by atoms with Gasteiger partial charge in [0.15, 0.2) is 0 Å². The number of piperidine rings is 1. The predicted molar refractivity (Wildman–Crippen MR) is 128 cm³/mol. The zero-order chi connectivity index (χ0) is 23.3. The van der Waals surface area contributed by atoms with Gasteiger partial charge in [0.05, 0.1) is 32.1 Å². The SMILES string of the molecule is COC(=O)C12Cc3cnn(C(C)C)c3C=C1CCN([S+](O)c1ccc(C(C)(C)C)cc1)C2. The molecular formula is C25H34N3O3S+. The van der Waals surface area contributed by atoms with Crippen molar-refractivity contribution < 1.29 is 14.1 Å². The second-order valence-corrected chi connectivity index (χ2v) is 11.7. The minimum atomic E-state index is -1.10. The normalized spacial score (nSPS) is 22.2. The molecule has 7 heteroatoms. The Kier molecular flexibility index (Phi) is 6.03. The third kappa shape index (κ3) is 3.91. The smallest absolute Gasteiger partial charge is 0.317 e. The summed E-state index contributed by atoms with van der Waals surface area (Å²) in [7, 11) is 1.45. The van der Waals surface area contributed by atoms with Crippen LogP contribution in [0.25, 0.3) is 6.08 Å². The van der Waals surface area contributed by atoms with Gasteiger partial charge < -0.3 is 4.74 Å². The summed E-state index contributed by atoms with van der Waals surface area (Å²) in [6.07, 6.45) is 5.26. The summed E-state index contributed by atoms with van der Waals surface area (Å²) in [4.78, 5) is 14.0. The van der Waals surface area contributed by atoms with E-state index < -0.39 is 16.8 Å². The van der Waals surface area contributed by atoms with Crippen molar-refractivity contribution in [2.75, 3.05) is 20.2 Å². The first-order valence-corrected chi connectivity index (χ1v) is 12.4. The molecule has 4 rings (SSSR count). The Morgan fingerprint density at radius 2 is 1.94 bits per heavy atom. The van der Waals surface area contributed by atoms with Crippen molar-refractivity contribution in [3.63, 3.8) is 0 Å². The maximum atomic E-state index is 13.1. The molecule has 2 unspecified atom stereocenters. The Morgan fingerprint density at radius 3 is 2.53 bits per heavy atom. The van der Waals surface area contributed by atoms with Gasteiger partial charge in [-0.15, -0.1) is 0 Å². The monoisotopic (exact) mass is 456 g/mol. The van der Waals surface area contributed by atoms with Gasteiger partial charge in [0, 0.05) is 6.04 Å². The molecule has 2 aliphatic rings. The van der Waals surface area contributed by atoms with Crippen LogP contribution in [0.1, 0.15) is 63.9 Å². The number of carbonyl (C=O) groups is 1. The van der Waals surface area contributed by atoms with Crippen LogP contribution in [-0.2, 0) is 32.7 Å². The molecule has 0 bridgehead atoms. The first-order chi connectivity index (χ1) is 15.1. The summed E-state index contributed by atoms with van der Waals surface area (Å²) in [5, 5.41) is 4.56. The highest BCUT2D eigenvalue weighted by Crippen LogP contribution is 2.46. The van der Waals surface area contributed by atoms with Crippen LogP contribution in [0.4, 0.5) is 0 Å². The third-order valence-electron chi connectivity index (χ3n) is 6.65. The number of rotatable bonds is 4. The summed E-state index contributed by atoms with van der Waals surface area (Å²) in [5.74, 6) is -0.239. The van der Waals surface area contributed by atoms with Crippen LogP contribution in [0.3, 0.4) is 0 Å². The Labute approximate surface area is 193 Å². The lowest BCUT2D eigenvalue weighted by Crippen LogP contribution is -2.53. The van der Waals surface area contributed by atoms with E-state index in [2.05, 4.69) is 57.9 Å². The standard InChI is InChI=1S/C25H34N3O3S/c1-17(2)28-22-13-20-11-12-27(16-25(20,23(29)31-6)14-18(22)15-26-28)32(30)21-9-7-19(8-10-21)24(3,4)5/h7-10,13,15,17,30H,11-12,14,16H2,1-6H3/q+1. The van der Waals surface area contributed by atoms with E-state index in [0.717, 1.165) is 21.7 Å². The Bertz CT molecular complexity index is 1040. The Hall–Kier alpha value is -2.09. The van der Waals surface area contributed by atoms with Gasteiger partial charge in [0.1, 0.15) is 5.41 Å². The Balaban J connectivity index is 1.64. The summed E-state index contributed by atoms with van der Waals surface area (Å²) in [6.45, 7) is 11.9. The number of methoxy groups -OCH3 is 1. The lowest BCUT2D eigenvalue weighted by Gasteiger charge is -2.41. The lowest BCUT2D eigenvalue weighted by atomic mass is 9.69. The van der Waals surface area contributed by atoms with Gasteiger partial charge >= 0.3 is 5.97 Å². The molecule has 6 nitrogen and oxygen atoms in total. The molecule has 2 aromatic rings. The lowest BCUT2D eigenvalue weighted by molar-refractivity contribution is -0.151. The number of ether oxygens (including phenoxy) is 1. The van der Waals surface area contributed by atoms with Crippen LogP contribution in [0.15, 0.2) is 40.9 Å². The zero-order valence-electron chi connectivity index (χ0n) is 19.9. The predicted octanol–water partition coefficient (Wildman–Crippen LogP) is 4.63. The van der Waals surface area contributed by atoms with Crippen LogP contribution in [0.2, 0.25) is 0 Å². The Morgan fingerprint density at radius 1 is 1.25 bits per heavy atom. The second-order valence-electron chi connectivity index (χ2n) is 10.2. The van der Waals surface area contributed by atoms with Crippen molar-refractivity contribution in [1.82, 2.24) is 14.1 Å². The molecule has 0 amide bonds. The molecule has 2 heterocycles. The largest absolute Gasteiger partial charge is 0.468 e. The summed E-state index contributed by atoms with van der Waals surface area (Å²) >= 11 is -1.10. The van der Waals surface area contributed by atoms with Gasteiger partial charge in [0.2, 0.25) is 4.90 Å². The number of fused-ring (bicyclic) bond motifs is 2. The molecule has 1 N–H and O–H groups in total. The van der Waals surface area contributed by atoms with E-state index in [1.165, 1.54) is 12.7 Å². The van der Waals surface area contributed by atoms with Crippen molar-refractivity contribution in [2.24, 2.45) is 5.41 Å². The van der Waals surface area contributed by atoms with E-state index >= 15 is 0 Å².